The van der Waals surface area contributed by atoms with Crippen LogP contribution in [0.15, 0.2) is 109 Å². The summed E-state index contributed by atoms with van der Waals surface area (Å²) in [4.78, 5) is 38.3. The minimum atomic E-state index is -0.795. The lowest BCUT2D eigenvalue weighted by molar-refractivity contribution is -0.167. The Labute approximate surface area is 470 Å². The van der Waals surface area contributed by atoms with Crippen molar-refractivity contribution >= 4 is 17.9 Å². The van der Waals surface area contributed by atoms with E-state index in [0.717, 1.165) is 135 Å². The minimum absolute atomic E-state index is 0.0883. The zero-order chi connectivity index (χ0) is 55.0. The zero-order valence-electron chi connectivity index (χ0n) is 49.7. The Bertz CT molecular complexity index is 1540. The largest absolute Gasteiger partial charge is 0.462 e. The molecule has 6 heteroatoms. The average molecular weight is 1060 g/mol. The van der Waals surface area contributed by atoms with Crippen molar-refractivity contribution in [2.75, 3.05) is 13.2 Å². The number of hydrogen-bond acceptors (Lipinski definition) is 6. The summed E-state index contributed by atoms with van der Waals surface area (Å²) in [5.41, 5.74) is 0. The van der Waals surface area contributed by atoms with Gasteiger partial charge in [-0.15, -0.1) is 0 Å². The molecule has 0 spiro atoms. The van der Waals surface area contributed by atoms with Crippen molar-refractivity contribution in [3.8, 4) is 0 Å². The van der Waals surface area contributed by atoms with E-state index >= 15 is 0 Å². The maximum atomic E-state index is 12.9. The maximum absolute atomic E-state index is 12.9. The summed E-state index contributed by atoms with van der Waals surface area (Å²) in [7, 11) is 0. The Morgan fingerprint density at radius 1 is 0.276 bits per heavy atom. The fraction of sp³-hybridized carbons (Fsp3) is 0.700. The molecule has 1 atom stereocenters. The highest BCUT2D eigenvalue weighted by molar-refractivity contribution is 5.71. The fourth-order valence-corrected chi connectivity index (χ4v) is 8.81. The Kier molecular flexibility index (Phi) is 60.3. The highest BCUT2D eigenvalue weighted by atomic mass is 16.6. The summed E-state index contributed by atoms with van der Waals surface area (Å²) < 4.78 is 16.9. The van der Waals surface area contributed by atoms with Gasteiger partial charge < -0.3 is 14.2 Å². The first-order valence-corrected chi connectivity index (χ1v) is 31.9. The second kappa shape index (κ2) is 63.6. The van der Waals surface area contributed by atoms with Gasteiger partial charge in [-0.3, -0.25) is 14.4 Å². The molecule has 0 heterocycles. The normalized spacial score (nSPS) is 12.8. The number of hydrogen-bond donors (Lipinski definition) is 0. The molecular formula is C70H118O6. The number of ether oxygens (including phenoxy) is 3. The molecule has 0 aliphatic carbocycles. The van der Waals surface area contributed by atoms with Gasteiger partial charge in [-0.2, -0.15) is 0 Å². The third-order valence-corrected chi connectivity index (χ3v) is 13.5. The number of esters is 3. The minimum Gasteiger partial charge on any atom is -0.462 e. The first kappa shape index (κ1) is 72.1. The van der Waals surface area contributed by atoms with Gasteiger partial charge in [0.05, 0.1) is 0 Å². The van der Waals surface area contributed by atoms with Crippen LogP contribution in [0.2, 0.25) is 0 Å². The number of rotatable bonds is 57. The Morgan fingerprint density at radius 3 is 0.803 bits per heavy atom. The zero-order valence-corrected chi connectivity index (χ0v) is 49.7. The molecule has 0 aliphatic rings. The molecule has 0 aromatic heterocycles. The van der Waals surface area contributed by atoms with Crippen molar-refractivity contribution in [1.29, 1.82) is 0 Å². The molecule has 0 N–H and O–H groups in total. The second-order valence-corrected chi connectivity index (χ2v) is 20.9. The van der Waals surface area contributed by atoms with Crippen LogP contribution in [-0.2, 0) is 28.6 Å². The topological polar surface area (TPSA) is 78.9 Å². The van der Waals surface area contributed by atoms with Gasteiger partial charge in [0.2, 0.25) is 0 Å². The molecular weight excluding hydrogens is 937 g/mol. The van der Waals surface area contributed by atoms with Crippen LogP contribution in [0.3, 0.4) is 0 Å². The van der Waals surface area contributed by atoms with Crippen LogP contribution in [0.1, 0.15) is 297 Å². The lowest BCUT2D eigenvalue weighted by Gasteiger charge is -2.18. The number of carbonyl (C=O) groups is 3. The maximum Gasteiger partial charge on any atom is 0.306 e. The van der Waals surface area contributed by atoms with Gasteiger partial charge >= 0.3 is 17.9 Å². The van der Waals surface area contributed by atoms with Crippen molar-refractivity contribution in [3.05, 3.63) is 109 Å². The van der Waals surface area contributed by atoms with Gasteiger partial charge in [0.1, 0.15) is 13.2 Å². The molecule has 0 saturated heterocycles. The molecule has 0 rings (SSSR count). The van der Waals surface area contributed by atoms with Crippen LogP contribution in [0, 0.1) is 0 Å². The quantitative estimate of drug-likeness (QED) is 0.0261. The first-order valence-electron chi connectivity index (χ1n) is 31.9. The van der Waals surface area contributed by atoms with Crippen molar-refractivity contribution in [2.24, 2.45) is 0 Å². The van der Waals surface area contributed by atoms with Crippen LogP contribution in [0.4, 0.5) is 0 Å². The van der Waals surface area contributed by atoms with E-state index in [4.69, 9.17) is 14.2 Å². The summed E-state index contributed by atoms with van der Waals surface area (Å²) in [6.45, 7) is 6.41. The predicted octanol–water partition coefficient (Wildman–Crippen LogP) is 21.8. The van der Waals surface area contributed by atoms with Crippen molar-refractivity contribution in [2.45, 2.75) is 303 Å². The van der Waals surface area contributed by atoms with Crippen molar-refractivity contribution in [1.82, 2.24) is 0 Å². The molecule has 0 aliphatic heterocycles. The molecule has 0 aromatic rings. The van der Waals surface area contributed by atoms with Gasteiger partial charge in [-0.25, -0.2) is 0 Å². The first-order chi connectivity index (χ1) is 37.5. The van der Waals surface area contributed by atoms with Gasteiger partial charge in [0, 0.05) is 19.3 Å². The molecule has 0 fully saturated rings. The molecule has 434 valence electrons. The summed E-state index contributed by atoms with van der Waals surface area (Å²) in [6, 6.07) is 0. The molecule has 76 heavy (non-hydrogen) atoms. The Balaban J connectivity index is 4.39. The number of unbranched alkanes of at least 4 members (excludes halogenated alkanes) is 28. The molecule has 1 unspecified atom stereocenters. The van der Waals surface area contributed by atoms with Crippen molar-refractivity contribution < 1.29 is 28.6 Å². The molecule has 0 radical (unpaired) electrons. The van der Waals surface area contributed by atoms with Gasteiger partial charge in [0.25, 0.3) is 0 Å². The van der Waals surface area contributed by atoms with E-state index in [1.165, 1.54) is 122 Å². The smallest absolute Gasteiger partial charge is 0.306 e. The number of carbonyl (C=O) groups excluding carboxylic acids is 3. The summed E-state index contributed by atoms with van der Waals surface area (Å²) in [5, 5.41) is 0. The lowest BCUT2D eigenvalue weighted by atomic mass is 10.0. The summed E-state index contributed by atoms with van der Waals surface area (Å²) in [5.74, 6) is -0.909. The van der Waals surface area contributed by atoms with E-state index in [-0.39, 0.29) is 31.1 Å². The SMILES string of the molecule is CC/C=C\C/C=C\C/C=C\C/C=C\C/C=C\CCCCCCCCCCCC(=O)OCC(COC(=O)CCCCCCCCCCCCCCCCCC)OC(=O)CCCCCC/C=C\C/C=C\C/C=C\C/C=C\CC. The molecule has 0 amide bonds. The van der Waals surface area contributed by atoms with Crippen LogP contribution >= 0.6 is 0 Å². The lowest BCUT2D eigenvalue weighted by Crippen LogP contribution is -2.30. The van der Waals surface area contributed by atoms with Gasteiger partial charge in [-0.1, -0.05) is 284 Å². The molecule has 0 bridgehead atoms. The Morgan fingerprint density at radius 2 is 0.513 bits per heavy atom. The van der Waals surface area contributed by atoms with Crippen LogP contribution in [0.25, 0.3) is 0 Å². The highest BCUT2D eigenvalue weighted by Gasteiger charge is 2.19. The molecule has 0 aromatic carbocycles. The fourth-order valence-electron chi connectivity index (χ4n) is 8.81. The van der Waals surface area contributed by atoms with E-state index in [1.807, 2.05) is 0 Å². The van der Waals surface area contributed by atoms with E-state index in [0.29, 0.717) is 19.3 Å². The van der Waals surface area contributed by atoms with Crippen LogP contribution in [-0.4, -0.2) is 37.2 Å². The monoisotopic (exact) mass is 1050 g/mol. The van der Waals surface area contributed by atoms with E-state index in [9.17, 15) is 14.4 Å². The van der Waals surface area contributed by atoms with E-state index in [2.05, 4.69) is 130 Å². The number of allylic oxidation sites excluding steroid dienone is 18. The van der Waals surface area contributed by atoms with Crippen LogP contribution in [0.5, 0.6) is 0 Å². The molecule has 6 nitrogen and oxygen atoms in total. The van der Waals surface area contributed by atoms with Crippen molar-refractivity contribution in [3.63, 3.8) is 0 Å². The summed E-state index contributed by atoms with van der Waals surface area (Å²) in [6.07, 6.45) is 86.6. The second-order valence-electron chi connectivity index (χ2n) is 20.9. The van der Waals surface area contributed by atoms with Gasteiger partial charge in [-0.05, 0) is 103 Å². The van der Waals surface area contributed by atoms with Crippen LogP contribution < -0.4 is 0 Å². The molecule has 0 saturated carbocycles. The summed E-state index contributed by atoms with van der Waals surface area (Å²) >= 11 is 0. The third kappa shape index (κ3) is 60.9. The predicted molar refractivity (Wildman–Crippen MR) is 330 cm³/mol. The average Bonchev–Trinajstić information content (AvgIpc) is 3.42. The Hall–Kier alpha value is -3.93. The highest BCUT2D eigenvalue weighted by Crippen LogP contribution is 2.16. The van der Waals surface area contributed by atoms with Gasteiger partial charge in [0.15, 0.2) is 6.10 Å². The van der Waals surface area contributed by atoms with E-state index in [1.54, 1.807) is 0 Å². The standard InChI is InChI=1S/C70H118O6/c1-4-7-10-13-16-19-22-25-28-31-32-33-34-35-36-37-38-40-42-45-48-51-54-57-60-63-69(72)75-66-67(65-74-68(71)62-59-56-53-50-47-44-41-30-27-24-21-18-15-12-9-6-3)76-70(73)64-61-58-55-52-49-46-43-39-29-26-23-20-17-14-11-8-5-2/h7-8,10-11,16-17,19-20,25-26,28-29,32-33,35-36,43,46,67H,4-6,9,12-15,18,21-24,27,30-31,34,37-42,44-45,47-66H2,1-3H3/b10-7-,11-8-,19-16-,20-17-,28-25-,29-26-,33-32-,36-35-,46-43-. The third-order valence-electron chi connectivity index (χ3n) is 13.5. The van der Waals surface area contributed by atoms with E-state index < -0.39 is 6.10 Å².